The largest absolute Gasteiger partial charge is 0.373 e. The number of ether oxygens (including phenoxy) is 2. The third-order valence-corrected chi connectivity index (χ3v) is 3.20. The topological polar surface area (TPSA) is 24.7 Å². The highest BCUT2D eigenvalue weighted by atomic mass is 32.1. The van der Waals surface area contributed by atoms with Crippen molar-refractivity contribution in [2.45, 2.75) is 0 Å². The average molecular weight is 261 g/mol. The summed E-state index contributed by atoms with van der Waals surface area (Å²) in [5, 5.41) is 0. The van der Waals surface area contributed by atoms with Gasteiger partial charge in [-0.15, -0.1) is 12.6 Å². The summed E-state index contributed by atoms with van der Waals surface area (Å²) in [7, 11) is 0. The molecule has 0 unspecified atom stereocenters. The van der Waals surface area contributed by atoms with Gasteiger partial charge in [-0.2, -0.15) is 0 Å². The zero-order chi connectivity index (χ0) is 11.4. The lowest BCUT2D eigenvalue weighted by molar-refractivity contribution is -0.552. The molecule has 2 aliphatic heterocycles. The number of hydrogen-bond donors (Lipinski definition) is 1. The first-order valence-electron chi connectivity index (χ1n) is 5.54. The summed E-state index contributed by atoms with van der Waals surface area (Å²) >= 11 is 9.58. The second-order valence-electron chi connectivity index (χ2n) is 3.83. The Balaban J connectivity index is 2.17. The zero-order valence-electron chi connectivity index (χ0n) is 9.22. The van der Waals surface area contributed by atoms with Gasteiger partial charge in [0.05, 0.1) is 26.4 Å². The smallest absolute Gasteiger partial charge is 0.297 e. The molecule has 0 aromatic carbocycles. The highest BCUT2D eigenvalue weighted by Crippen LogP contribution is 2.05. The Labute approximate surface area is 107 Å². The molecule has 6 heteroatoms. The highest BCUT2D eigenvalue weighted by Gasteiger charge is 2.28. The van der Waals surface area contributed by atoms with E-state index in [1.807, 2.05) is 0 Å². The summed E-state index contributed by atoms with van der Waals surface area (Å²) in [6, 6.07) is 0. The van der Waals surface area contributed by atoms with Crippen molar-refractivity contribution in [1.29, 1.82) is 0 Å². The first-order chi connectivity index (χ1) is 7.79. The Bertz CT molecular complexity index is 293. The maximum absolute atomic E-state index is 5.35. The van der Waals surface area contributed by atoms with Crippen LogP contribution in [0.4, 0.5) is 0 Å². The molecule has 2 saturated heterocycles. The molecular formula is C10H17N2O2S2+. The van der Waals surface area contributed by atoms with Gasteiger partial charge in [-0.3, -0.25) is 9.48 Å². The predicted molar refractivity (Wildman–Crippen MR) is 69.8 cm³/mol. The van der Waals surface area contributed by atoms with Gasteiger partial charge in [-0.1, -0.05) is 12.2 Å². The van der Waals surface area contributed by atoms with Crippen molar-refractivity contribution >= 4 is 34.9 Å². The van der Waals surface area contributed by atoms with Crippen molar-refractivity contribution in [3.05, 3.63) is 0 Å². The molecule has 0 saturated carbocycles. The third kappa shape index (κ3) is 2.94. The minimum absolute atomic E-state index is 0.670. The second kappa shape index (κ2) is 5.95. The van der Waals surface area contributed by atoms with Crippen LogP contribution in [0.15, 0.2) is 0 Å². The molecule has 0 amide bonds. The van der Waals surface area contributed by atoms with E-state index in [0.717, 1.165) is 58.4 Å². The number of thiol groups is 1. The number of hydrogen-bond acceptors (Lipinski definition) is 3. The Kier molecular flexibility index (Phi) is 4.57. The van der Waals surface area contributed by atoms with Crippen LogP contribution in [0.1, 0.15) is 0 Å². The van der Waals surface area contributed by atoms with Gasteiger partial charge < -0.3 is 9.47 Å². The van der Waals surface area contributed by atoms with Gasteiger partial charge in [0.2, 0.25) is 0 Å². The quantitative estimate of drug-likeness (QED) is 0.311. The Morgan fingerprint density at radius 2 is 1.62 bits per heavy atom. The molecule has 2 rings (SSSR count). The van der Waals surface area contributed by atoms with E-state index in [1.165, 1.54) is 0 Å². The van der Waals surface area contributed by atoms with Gasteiger partial charge in [0.1, 0.15) is 26.2 Å². The number of thiocarbonyl (C=S) groups is 1. The molecule has 2 fully saturated rings. The van der Waals surface area contributed by atoms with Crippen LogP contribution >= 0.6 is 24.8 Å². The first kappa shape index (κ1) is 12.3. The first-order valence-corrected chi connectivity index (χ1v) is 6.40. The van der Waals surface area contributed by atoms with Crippen LogP contribution in [-0.2, 0) is 9.47 Å². The highest BCUT2D eigenvalue weighted by molar-refractivity contribution is 8.13. The molecule has 2 heterocycles. The average Bonchev–Trinajstić information content (AvgIpc) is 2.31. The molecule has 0 spiro atoms. The fourth-order valence-electron chi connectivity index (χ4n) is 2.02. The van der Waals surface area contributed by atoms with Crippen LogP contribution in [0.2, 0.25) is 0 Å². The fourth-order valence-corrected chi connectivity index (χ4v) is 2.56. The summed E-state index contributed by atoms with van der Waals surface area (Å²) in [5.41, 5.74) is 0. The van der Waals surface area contributed by atoms with Gasteiger partial charge >= 0.3 is 0 Å². The molecule has 0 N–H and O–H groups in total. The minimum Gasteiger partial charge on any atom is -0.373 e. The van der Waals surface area contributed by atoms with E-state index >= 15 is 0 Å². The minimum atomic E-state index is 0.670. The number of amidine groups is 1. The Hall–Kier alpha value is -0.170. The summed E-state index contributed by atoms with van der Waals surface area (Å²) < 4.78 is 13.6. The zero-order valence-corrected chi connectivity index (χ0v) is 10.9. The normalized spacial score (nSPS) is 22.1. The van der Waals surface area contributed by atoms with Crippen molar-refractivity contribution in [1.82, 2.24) is 4.90 Å². The van der Waals surface area contributed by atoms with E-state index in [4.69, 9.17) is 21.7 Å². The molecule has 90 valence electrons. The maximum Gasteiger partial charge on any atom is 0.297 e. The molecular weight excluding hydrogens is 244 g/mol. The second-order valence-corrected chi connectivity index (χ2v) is 4.99. The third-order valence-electron chi connectivity index (χ3n) is 2.81. The lowest BCUT2D eigenvalue weighted by Crippen LogP contribution is -2.49. The van der Waals surface area contributed by atoms with E-state index in [-0.39, 0.29) is 0 Å². The molecule has 0 radical (unpaired) electrons. The fraction of sp³-hybridized carbons (Fsp3) is 0.800. The van der Waals surface area contributed by atoms with Gasteiger partial charge in [0, 0.05) is 0 Å². The lowest BCUT2D eigenvalue weighted by Gasteiger charge is -2.26. The summed E-state index contributed by atoms with van der Waals surface area (Å²) in [6.07, 6.45) is 0. The number of nitrogens with zero attached hydrogens (tertiary/aromatic N) is 2. The predicted octanol–water partition coefficient (Wildman–Crippen LogP) is 0.0170. The molecule has 0 aromatic rings. The molecule has 0 bridgehead atoms. The Morgan fingerprint density at radius 1 is 1.06 bits per heavy atom. The molecule has 2 aliphatic rings. The van der Waals surface area contributed by atoms with E-state index in [9.17, 15) is 0 Å². The van der Waals surface area contributed by atoms with Crippen molar-refractivity contribution in [2.75, 3.05) is 52.6 Å². The standard InChI is InChI=1S/C10H16N2O2S2/c15-10(16)9(11-1-5-13-6-2-11)12-3-7-14-8-4-12/h1-8H2/p+1. The lowest BCUT2D eigenvalue weighted by atomic mass is 10.3. The SMILES string of the molecule is S=C(S)C(N1CCOCC1)=[N+]1CCOCC1. The van der Waals surface area contributed by atoms with Gasteiger partial charge in [0.25, 0.3) is 5.84 Å². The molecule has 4 nitrogen and oxygen atoms in total. The molecule has 0 atom stereocenters. The van der Waals surface area contributed by atoms with E-state index in [2.05, 4.69) is 22.1 Å². The summed E-state index contributed by atoms with van der Waals surface area (Å²) in [4.78, 5) is 2.27. The van der Waals surface area contributed by atoms with Crippen LogP contribution < -0.4 is 0 Å². The van der Waals surface area contributed by atoms with E-state index in [1.54, 1.807) is 0 Å². The van der Waals surface area contributed by atoms with Gasteiger partial charge in [-0.25, -0.2) is 0 Å². The number of morpholine rings is 2. The van der Waals surface area contributed by atoms with E-state index in [0.29, 0.717) is 4.20 Å². The van der Waals surface area contributed by atoms with Crippen molar-refractivity contribution in [2.24, 2.45) is 0 Å². The molecule has 16 heavy (non-hydrogen) atoms. The van der Waals surface area contributed by atoms with Crippen LogP contribution in [0, 0.1) is 0 Å². The van der Waals surface area contributed by atoms with Crippen molar-refractivity contribution in [3.8, 4) is 0 Å². The van der Waals surface area contributed by atoms with Crippen LogP contribution in [0.25, 0.3) is 0 Å². The summed E-state index contributed by atoms with van der Waals surface area (Å²) in [5.74, 6) is 1.07. The number of rotatable bonds is 1. The van der Waals surface area contributed by atoms with Crippen LogP contribution in [0.3, 0.4) is 0 Å². The Morgan fingerprint density at radius 3 is 2.19 bits per heavy atom. The van der Waals surface area contributed by atoms with Crippen molar-refractivity contribution < 1.29 is 14.0 Å². The van der Waals surface area contributed by atoms with Crippen LogP contribution in [0.5, 0.6) is 0 Å². The summed E-state index contributed by atoms with van der Waals surface area (Å²) in [6.45, 7) is 6.66. The van der Waals surface area contributed by atoms with Gasteiger partial charge in [-0.05, 0) is 0 Å². The van der Waals surface area contributed by atoms with E-state index < -0.39 is 0 Å². The monoisotopic (exact) mass is 261 g/mol. The molecule has 0 aliphatic carbocycles. The molecule has 0 aromatic heterocycles. The maximum atomic E-state index is 5.35. The van der Waals surface area contributed by atoms with Crippen LogP contribution in [-0.4, -0.2) is 72.1 Å². The van der Waals surface area contributed by atoms with Crippen molar-refractivity contribution in [3.63, 3.8) is 0 Å². The van der Waals surface area contributed by atoms with Gasteiger partial charge in [0.15, 0.2) is 4.20 Å².